The first-order chi connectivity index (χ1) is 13.0. The van der Waals surface area contributed by atoms with Crippen LogP contribution in [0.25, 0.3) is 0 Å². The van der Waals surface area contributed by atoms with E-state index >= 15 is 0 Å². The largest absolute Gasteiger partial charge is 0.378 e. The minimum absolute atomic E-state index is 0.176. The Balaban J connectivity index is 1.73. The van der Waals surface area contributed by atoms with Crippen molar-refractivity contribution >= 4 is 21.7 Å². The number of amides is 1. The Labute approximate surface area is 160 Å². The molecule has 0 spiro atoms. The zero-order chi connectivity index (χ0) is 19.3. The second-order valence-corrected chi connectivity index (χ2v) is 8.66. The van der Waals surface area contributed by atoms with Crippen LogP contribution >= 0.6 is 0 Å². The van der Waals surface area contributed by atoms with Crippen molar-refractivity contribution in [3.63, 3.8) is 0 Å². The van der Waals surface area contributed by atoms with Gasteiger partial charge in [0.25, 0.3) is 0 Å². The first-order valence-corrected chi connectivity index (χ1v) is 10.7. The van der Waals surface area contributed by atoms with Gasteiger partial charge in [-0.1, -0.05) is 13.0 Å². The molecule has 0 bridgehead atoms. The van der Waals surface area contributed by atoms with Crippen molar-refractivity contribution in [3.8, 4) is 0 Å². The van der Waals surface area contributed by atoms with Crippen molar-refractivity contribution in [2.45, 2.75) is 30.2 Å². The van der Waals surface area contributed by atoms with E-state index in [1.807, 2.05) is 0 Å². The molecule has 148 valence electrons. The van der Waals surface area contributed by atoms with Gasteiger partial charge in [-0.05, 0) is 31.1 Å². The summed E-state index contributed by atoms with van der Waals surface area (Å²) in [5, 5.41) is 2.82. The van der Waals surface area contributed by atoms with E-state index in [9.17, 15) is 13.2 Å². The Morgan fingerprint density at radius 1 is 1.26 bits per heavy atom. The second kappa shape index (κ2) is 8.81. The summed E-state index contributed by atoms with van der Waals surface area (Å²) in [5.41, 5.74) is 0. The van der Waals surface area contributed by atoms with Crippen molar-refractivity contribution in [3.05, 3.63) is 31.0 Å². The summed E-state index contributed by atoms with van der Waals surface area (Å²) in [7, 11) is -3.66. The Morgan fingerprint density at radius 2 is 2.04 bits per heavy atom. The highest BCUT2D eigenvalue weighted by Crippen LogP contribution is 2.22. The van der Waals surface area contributed by atoms with Gasteiger partial charge in [0, 0.05) is 38.4 Å². The summed E-state index contributed by atoms with van der Waals surface area (Å²) >= 11 is 0. The molecule has 3 rings (SSSR count). The number of nitrogens with zero attached hydrogens (tertiary/aromatic N) is 3. The van der Waals surface area contributed by atoms with E-state index in [2.05, 4.69) is 21.8 Å². The molecule has 0 radical (unpaired) electrons. The van der Waals surface area contributed by atoms with Crippen molar-refractivity contribution in [2.24, 2.45) is 0 Å². The Hall–Kier alpha value is -1.97. The highest BCUT2D eigenvalue weighted by Gasteiger charge is 2.29. The first-order valence-electron chi connectivity index (χ1n) is 9.22. The fourth-order valence-electron chi connectivity index (χ4n) is 3.36. The number of carbonyl (C=O) groups excluding carboxylic acids is 1. The van der Waals surface area contributed by atoms with Gasteiger partial charge >= 0.3 is 0 Å². The standard InChI is InChI=1S/C18H26N4O4S/c1-2-18(23)20-15-5-3-4-8-22(14-15)27(24,25)16-6-7-17(19-13-16)21-9-11-26-12-10-21/h2,6-7,13,15H,1,3-5,8-12,14H2,(H,20,23). The van der Waals surface area contributed by atoms with E-state index in [0.29, 0.717) is 19.8 Å². The Bertz CT molecular complexity index is 760. The summed E-state index contributed by atoms with van der Waals surface area (Å²) in [6, 6.07) is 3.14. The number of rotatable bonds is 5. The lowest BCUT2D eigenvalue weighted by molar-refractivity contribution is -0.117. The van der Waals surface area contributed by atoms with Gasteiger partial charge in [0.1, 0.15) is 10.7 Å². The number of hydrogen-bond donors (Lipinski definition) is 1. The van der Waals surface area contributed by atoms with Crippen LogP contribution in [0.15, 0.2) is 35.9 Å². The maximum absolute atomic E-state index is 13.0. The molecule has 1 aromatic heterocycles. The third-order valence-corrected chi connectivity index (χ3v) is 6.71. The van der Waals surface area contributed by atoms with Crippen molar-refractivity contribution in [1.29, 1.82) is 0 Å². The normalized spacial score (nSPS) is 22.1. The fraction of sp³-hybridized carbons (Fsp3) is 0.556. The molecule has 0 saturated carbocycles. The molecule has 8 nitrogen and oxygen atoms in total. The van der Waals surface area contributed by atoms with Crippen LogP contribution in [-0.4, -0.2) is 69.0 Å². The predicted molar refractivity (Wildman–Crippen MR) is 102 cm³/mol. The molecular weight excluding hydrogens is 368 g/mol. The number of anilines is 1. The molecule has 27 heavy (non-hydrogen) atoms. The molecule has 1 atom stereocenters. The SMILES string of the molecule is C=CC(=O)NC1CCCCN(S(=O)(=O)c2ccc(N3CCOCC3)nc2)C1. The average molecular weight is 394 g/mol. The lowest BCUT2D eigenvalue weighted by Gasteiger charge is -2.28. The molecule has 1 N–H and O–H groups in total. The molecule has 1 aromatic rings. The number of hydrogen-bond acceptors (Lipinski definition) is 6. The lowest BCUT2D eigenvalue weighted by Crippen LogP contribution is -2.44. The van der Waals surface area contributed by atoms with Gasteiger partial charge in [-0.3, -0.25) is 4.79 Å². The van der Waals surface area contributed by atoms with Crippen LogP contribution in [0.1, 0.15) is 19.3 Å². The molecule has 2 aliphatic heterocycles. The summed E-state index contributed by atoms with van der Waals surface area (Å²) in [4.78, 5) is 18.2. The van der Waals surface area contributed by atoms with Gasteiger partial charge in [0.2, 0.25) is 15.9 Å². The zero-order valence-electron chi connectivity index (χ0n) is 15.3. The first kappa shape index (κ1) is 19.8. The Kier molecular flexibility index (Phi) is 6.46. The van der Waals surface area contributed by atoms with E-state index in [1.54, 1.807) is 12.1 Å². The van der Waals surface area contributed by atoms with Gasteiger partial charge in [0.05, 0.1) is 13.2 Å². The maximum Gasteiger partial charge on any atom is 0.244 e. The Morgan fingerprint density at radius 3 is 2.70 bits per heavy atom. The number of morpholine rings is 1. The molecule has 2 saturated heterocycles. The fourth-order valence-corrected chi connectivity index (χ4v) is 4.83. The van der Waals surface area contributed by atoms with Gasteiger partial charge in [-0.2, -0.15) is 4.31 Å². The number of pyridine rings is 1. The van der Waals surface area contributed by atoms with Crippen LogP contribution in [0.3, 0.4) is 0 Å². The number of sulfonamides is 1. The molecule has 2 aliphatic rings. The summed E-state index contributed by atoms with van der Waals surface area (Å²) < 4.78 is 32.9. The minimum atomic E-state index is -3.66. The van der Waals surface area contributed by atoms with E-state index in [-0.39, 0.29) is 23.4 Å². The van der Waals surface area contributed by atoms with E-state index < -0.39 is 10.0 Å². The highest BCUT2D eigenvalue weighted by atomic mass is 32.2. The third-order valence-electron chi connectivity index (χ3n) is 4.86. The number of nitrogens with one attached hydrogen (secondary N) is 1. The second-order valence-electron chi connectivity index (χ2n) is 6.72. The number of aromatic nitrogens is 1. The van der Waals surface area contributed by atoms with E-state index in [1.165, 1.54) is 16.6 Å². The van der Waals surface area contributed by atoms with Crippen molar-refractivity contribution < 1.29 is 17.9 Å². The van der Waals surface area contributed by atoms with Gasteiger partial charge in [0.15, 0.2) is 0 Å². The molecule has 1 amide bonds. The summed E-state index contributed by atoms with van der Waals surface area (Å²) in [6.07, 6.45) is 5.00. The van der Waals surface area contributed by atoms with Gasteiger partial charge in [-0.25, -0.2) is 13.4 Å². The van der Waals surface area contributed by atoms with Gasteiger partial charge < -0.3 is 15.0 Å². The van der Waals surface area contributed by atoms with Crippen LogP contribution in [0.4, 0.5) is 5.82 Å². The van der Waals surface area contributed by atoms with Crippen molar-refractivity contribution in [2.75, 3.05) is 44.3 Å². The number of ether oxygens (including phenoxy) is 1. The molecule has 0 aliphatic carbocycles. The van der Waals surface area contributed by atoms with Crippen LogP contribution in [0.2, 0.25) is 0 Å². The predicted octanol–water partition coefficient (Wildman–Crippen LogP) is 0.764. The average Bonchev–Trinajstić information content (AvgIpc) is 2.95. The zero-order valence-corrected chi connectivity index (χ0v) is 16.2. The molecule has 2 fully saturated rings. The van der Waals surface area contributed by atoms with Crippen LogP contribution in [-0.2, 0) is 19.6 Å². The van der Waals surface area contributed by atoms with Crippen LogP contribution in [0, 0.1) is 0 Å². The molecular formula is C18H26N4O4S. The van der Waals surface area contributed by atoms with Crippen LogP contribution < -0.4 is 10.2 Å². The van der Waals surface area contributed by atoms with Crippen molar-refractivity contribution in [1.82, 2.24) is 14.6 Å². The smallest absolute Gasteiger partial charge is 0.244 e. The quantitative estimate of drug-likeness (QED) is 0.742. The monoisotopic (exact) mass is 394 g/mol. The van der Waals surface area contributed by atoms with Gasteiger partial charge in [-0.15, -0.1) is 0 Å². The van der Waals surface area contributed by atoms with Crippen LogP contribution in [0.5, 0.6) is 0 Å². The number of carbonyl (C=O) groups is 1. The van der Waals surface area contributed by atoms with E-state index in [0.717, 1.165) is 38.2 Å². The van der Waals surface area contributed by atoms with E-state index in [4.69, 9.17) is 4.74 Å². The summed E-state index contributed by atoms with van der Waals surface area (Å²) in [6.45, 7) is 6.93. The maximum atomic E-state index is 13.0. The highest BCUT2D eigenvalue weighted by molar-refractivity contribution is 7.89. The topological polar surface area (TPSA) is 91.8 Å². The molecule has 9 heteroatoms. The molecule has 0 aromatic carbocycles. The minimum Gasteiger partial charge on any atom is -0.378 e. The molecule has 1 unspecified atom stereocenters. The summed E-state index contributed by atoms with van der Waals surface area (Å²) in [5.74, 6) is 0.472. The lowest BCUT2D eigenvalue weighted by atomic mass is 10.1. The molecule has 3 heterocycles. The third kappa shape index (κ3) is 4.85.